The van der Waals surface area contributed by atoms with Crippen molar-refractivity contribution in [3.63, 3.8) is 0 Å². The van der Waals surface area contributed by atoms with Crippen molar-refractivity contribution in [2.24, 2.45) is 5.73 Å². The van der Waals surface area contributed by atoms with Gasteiger partial charge in [0.15, 0.2) is 0 Å². The summed E-state index contributed by atoms with van der Waals surface area (Å²) >= 11 is 0. The number of carbonyl (C=O) groups excluding carboxylic acids is 1. The maximum atomic E-state index is 13.5. The van der Waals surface area contributed by atoms with Gasteiger partial charge in [0.2, 0.25) is 0 Å². The lowest BCUT2D eigenvalue weighted by Gasteiger charge is -2.28. The summed E-state index contributed by atoms with van der Waals surface area (Å²) in [6.45, 7) is 0.787. The van der Waals surface area contributed by atoms with E-state index in [4.69, 9.17) is 5.73 Å². The Kier molecular flexibility index (Phi) is 4.89. The van der Waals surface area contributed by atoms with Crippen molar-refractivity contribution in [3.05, 3.63) is 29.8 Å². The number of carbonyl (C=O) groups is 1. The Balaban J connectivity index is 2.07. The number of nitrogens with one attached hydrogen (secondary N) is 1. The molecule has 0 aromatic heterocycles. The summed E-state index contributed by atoms with van der Waals surface area (Å²) < 4.78 is 26.4. The molecule has 0 heterocycles. The Labute approximate surface area is 116 Å². The SMILES string of the molecule is NCCN(C(=O)Nc1ccc(F)cc1F)C1CCCC1. The number of anilines is 1. The Morgan fingerprint density at radius 3 is 2.65 bits per heavy atom. The molecule has 1 aromatic rings. The molecule has 0 bridgehead atoms. The predicted octanol–water partition coefficient (Wildman–Crippen LogP) is 2.70. The predicted molar refractivity (Wildman–Crippen MR) is 73.4 cm³/mol. The minimum Gasteiger partial charge on any atom is -0.329 e. The van der Waals surface area contributed by atoms with Gasteiger partial charge >= 0.3 is 6.03 Å². The molecule has 0 radical (unpaired) electrons. The van der Waals surface area contributed by atoms with E-state index in [1.807, 2.05) is 0 Å². The number of hydrogen-bond acceptors (Lipinski definition) is 2. The number of amides is 2. The first-order valence-electron chi connectivity index (χ1n) is 6.84. The molecule has 0 atom stereocenters. The molecule has 0 saturated heterocycles. The van der Waals surface area contributed by atoms with Gasteiger partial charge in [0.25, 0.3) is 0 Å². The summed E-state index contributed by atoms with van der Waals surface area (Å²) in [6.07, 6.45) is 4.06. The summed E-state index contributed by atoms with van der Waals surface area (Å²) in [4.78, 5) is 13.9. The van der Waals surface area contributed by atoms with Crippen LogP contribution in [0.25, 0.3) is 0 Å². The Morgan fingerprint density at radius 2 is 2.05 bits per heavy atom. The van der Waals surface area contributed by atoms with Crippen LogP contribution in [0.5, 0.6) is 0 Å². The number of nitrogens with two attached hydrogens (primary N) is 1. The van der Waals surface area contributed by atoms with Gasteiger partial charge in [0.05, 0.1) is 5.69 Å². The summed E-state index contributed by atoms with van der Waals surface area (Å²) in [7, 11) is 0. The van der Waals surface area contributed by atoms with Crippen LogP contribution in [0, 0.1) is 11.6 Å². The van der Waals surface area contributed by atoms with Crippen LogP contribution in [0.3, 0.4) is 0 Å². The molecule has 0 aliphatic heterocycles. The number of benzene rings is 1. The molecule has 0 spiro atoms. The molecule has 1 aliphatic rings. The van der Waals surface area contributed by atoms with Crippen LogP contribution in [0.4, 0.5) is 19.3 Å². The topological polar surface area (TPSA) is 58.4 Å². The highest BCUT2D eigenvalue weighted by Crippen LogP contribution is 2.24. The maximum absolute atomic E-state index is 13.5. The minimum absolute atomic E-state index is 0.0172. The zero-order valence-corrected chi connectivity index (χ0v) is 11.2. The lowest BCUT2D eigenvalue weighted by molar-refractivity contribution is 0.190. The maximum Gasteiger partial charge on any atom is 0.322 e. The van der Waals surface area contributed by atoms with Crippen LogP contribution in [0.15, 0.2) is 18.2 Å². The second-order valence-corrected chi connectivity index (χ2v) is 4.97. The number of halogens is 2. The van der Waals surface area contributed by atoms with Gasteiger partial charge in [0.1, 0.15) is 11.6 Å². The van der Waals surface area contributed by atoms with Gasteiger partial charge in [-0.25, -0.2) is 13.6 Å². The van der Waals surface area contributed by atoms with Crippen LogP contribution in [0.1, 0.15) is 25.7 Å². The minimum atomic E-state index is -0.780. The van der Waals surface area contributed by atoms with Gasteiger partial charge in [0, 0.05) is 25.2 Å². The van der Waals surface area contributed by atoms with E-state index in [1.54, 1.807) is 4.90 Å². The largest absolute Gasteiger partial charge is 0.329 e. The normalized spacial score (nSPS) is 15.3. The zero-order valence-electron chi connectivity index (χ0n) is 11.2. The first-order chi connectivity index (χ1) is 9.61. The van der Waals surface area contributed by atoms with Crippen LogP contribution < -0.4 is 11.1 Å². The molecule has 4 nitrogen and oxygen atoms in total. The van der Waals surface area contributed by atoms with Crippen LogP contribution in [-0.2, 0) is 0 Å². The summed E-state index contributed by atoms with van der Waals surface area (Å²) in [5.41, 5.74) is 5.52. The van der Waals surface area contributed by atoms with Gasteiger partial charge in [-0.1, -0.05) is 12.8 Å². The average molecular weight is 283 g/mol. The van der Waals surface area contributed by atoms with Crippen molar-refractivity contribution in [1.29, 1.82) is 0 Å². The molecule has 6 heteroatoms. The lowest BCUT2D eigenvalue weighted by Crippen LogP contribution is -2.44. The third-order valence-electron chi connectivity index (χ3n) is 3.57. The number of hydrogen-bond donors (Lipinski definition) is 2. The quantitative estimate of drug-likeness (QED) is 0.892. The van der Waals surface area contributed by atoms with Crippen molar-refractivity contribution in [2.45, 2.75) is 31.7 Å². The second-order valence-electron chi connectivity index (χ2n) is 4.97. The highest BCUT2D eigenvalue weighted by molar-refractivity contribution is 5.89. The van der Waals surface area contributed by atoms with E-state index in [2.05, 4.69) is 5.32 Å². The molecule has 1 saturated carbocycles. The van der Waals surface area contributed by atoms with E-state index in [-0.39, 0.29) is 17.8 Å². The lowest BCUT2D eigenvalue weighted by atomic mass is 10.2. The highest BCUT2D eigenvalue weighted by Gasteiger charge is 2.26. The molecule has 2 amide bonds. The first-order valence-corrected chi connectivity index (χ1v) is 6.84. The standard InChI is InChI=1S/C14H19F2N3O/c15-10-5-6-13(12(16)9-10)18-14(20)19(8-7-17)11-3-1-2-4-11/h5-6,9,11H,1-4,7-8,17H2,(H,18,20). The van der Waals surface area contributed by atoms with E-state index in [1.165, 1.54) is 6.07 Å². The molecule has 2 rings (SSSR count). The van der Waals surface area contributed by atoms with Crippen molar-refractivity contribution < 1.29 is 13.6 Å². The highest BCUT2D eigenvalue weighted by atomic mass is 19.1. The van der Waals surface area contributed by atoms with Crippen LogP contribution in [0.2, 0.25) is 0 Å². The molecular weight excluding hydrogens is 264 g/mol. The molecule has 1 aliphatic carbocycles. The molecule has 1 aromatic carbocycles. The van der Waals surface area contributed by atoms with E-state index in [0.717, 1.165) is 37.8 Å². The van der Waals surface area contributed by atoms with E-state index >= 15 is 0 Å². The summed E-state index contributed by atoms with van der Waals surface area (Å²) in [6, 6.07) is 2.85. The van der Waals surface area contributed by atoms with E-state index in [9.17, 15) is 13.6 Å². The number of rotatable bonds is 4. The second kappa shape index (κ2) is 6.65. The van der Waals surface area contributed by atoms with E-state index < -0.39 is 11.6 Å². The first kappa shape index (κ1) is 14.7. The fraction of sp³-hybridized carbons (Fsp3) is 0.500. The number of nitrogens with zero attached hydrogens (tertiary/aromatic N) is 1. The molecule has 20 heavy (non-hydrogen) atoms. The third-order valence-corrected chi connectivity index (χ3v) is 3.57. The van der Waals surface area contributed by atoms with Gasteiger partial charge in [-0.3, -0.25) is 0 Å². The van der Waals surface area contributed by atoms with Crippen molar-refractivity contribution in [2.75, 3.05) is 18.4 Å². The molecule has 1 fully saturated rings. The Bertz CT molecular complexity index is 475. The Morgan fingerprint density at radius 1 is 1.35 bits per heavy atom. The molecule has 0 unspecified atom stereocenters. The van der Waals surface area contributed by atoms with Gasteiger partial charge in [-0.15, -0.1) is 0 Å². The monoisotopic (exact) mass is 283 g/mol. The Hall–Kier alpha value is -1.69. The van der Waals surface area contributed by atoms with Crippen molar-refractivity contribution >= 4 is 11.7 Å². The fourth-order valence-electron chi connectivity index (χ4n) is 2.58. The third kappa shape index (κ3) is 3.45. The van der Waals surface area contributed by atoms with Crippen LogP contribution in [-0.4, -0.2) is 30.1 Å². The number of urea groups is 1. The van der Waals surface area contributed by atoms with Crippen molar-refractivity contribution in [3.8, 4) is 0 Å². The molecule has 3 N–H and O–H groups in total. The van der Waals surface area contributed by atoms with Gasteiger partial charge in [-0.2, -0.15) is 0 Å². The summed E-state index contributed by atoms with van der Waals surface area (Å²) in [5, 5.41) is 2.49. The smallest absolute Gasteiger partial charge is 0.322 e. The molecule has 110 valence electrons. The average Bonchev–Trinajstić information content (AvgIpc) is 2.92. The van der Waals surface area contributed by atoms with E-state index in [0.29, 0.717) is 13.1 Å². The van der Waals surface area contributed by atoms with Crippen molar-refractivity contribution in [1.82, 2.24) is 4.90 Å². The molecular formula is C14H19F2N3O. The van der Waals surface area contributed by atoms with Gasteiger partial charge < -0.3 is 16.0 Å². The van der Waals surface area contributed by atoms with Gasteiger partial charge in [-0.05, 0) is 25.0 Å². The summed E-state index contributed by atoms with van der Waals surface area (Å²) in [5.74, 6) is -1.45. The zero-order chi connectivity index (χ0) is 14.5. The van der Waals surface area contributed by atoms with Crippen LogP contribution >= 0.6 is 0 Å². The fourth-order valence-corrected chi connectivity index (χ4v) is 2.58.